The molecule has 1 aliphatic carbocycles. The Labute approximate surface area is 110 Å². The van der Waals surface area contributed by atoms with E-state index in [-0.39, 0.29) is 6.04 Å². The van der Waals surface area contributed by atoms with Crippen molar-refractivity contribution in [3.8, 4) is 5.75 Å². The van der Waals surface area contributed by atoms with Crippen molar-refractivity contribution in [1.82, 2.24) is 5.32 Å². The Morgan fingerprint density at radius 3 is 2.67 bits per heavy atom. The highest BCUT2D eigenvalue weighted by molar-refractivity contribution is 5.34. The summed E-state index contributed by atoms with van der Waals surface area (Å²) in [6.45, 7) is 6.84. The van der Waals surface area contributed by atoms with Gasteiger partial charge in [-0.2, -0.15) is 0 Å². The maximum Gasteiger partial charge on any atom is 0.120 e. The lowest BCUT2D eigenvalue weighted by Gasteiger charge is -2.41. The fourth-order valence-electron chi connectivity index (χ4n) is 3.05. The summed E-state index contributed by atoms with van der Waals surface area (Å²) in [5, 5.41) is 13.6. The van der Waals surface area contributed by atoms with Crippen LogP contribution in [0.3, 0.4) is 0 Å². The molecule has 2 unspecified atom stereocenters. The van der Waals surface area contributed by atoms with E-state index >= 15 is 0 Å². The van der Waals surface area contributed by atoms with E-state index in [9.17, 15) is 5.11 Å². The smallest absolute Gasteiger partial charge is 0.120 e. The Hall–Kier alpha value is -1.02. The summed E-state index contributed by atoms with van der Waals surface area (Å²) >= 11 is 0. The highest BCUT2D eigenvalue weighted by Gasteiger charge is 2.33. The van der Waals surface area contributed by atoms with Gasteiger partial charge in [0.05, 0.1) is 0 Å². The fraction of sp³-hybridized carbons (Fsp3) is 0.625. The second-order valence-corrected chi connectivity index (χ2v) is 6.23. The molecule has 0 aliphatic heterocycles. The summed E-state index contributed by atoms with van der Waals surface area (Å²) in [5.74, 6) is 0.395. The van der Waals surface area contributed by atoms with Gasteiger partial charge in [-0.1, -0.05) is 44.9 Å². The molecular formula is C16H25NO. The molecule has 0 radical (unpaired) electrons. The normalized spacial score (nSPS) is 24.7. The quantitative estimate of drug-likeness (QED) is 0.845. The summed E-state index contributed by atoms with van der Waals surface area (Å²) in [7, 11) is 0. The average Bonchev–Trinajstić information content (AvgIpc) is 2.32. The molecule has 0 aromatic heterocycles. The first-order valence-electron chi connectivity index (χ1n) is 7.04. The molecule has 1 aromatic carbocycles. The average molecular weight is 247 g/mol. The van der Waals surface area contributed by atoms with Gasteiger partial charge in [0, 0.05) is 17.6 Å². The van der Waals surface area contributed by atoms with Crippen LogP contribution in [0, 0.1) is 5.41 Å². The summed E-state index contributed by atoms with van der Waals surface area (Å²) in [5.41, 5.74) is 1.36. The van der Waals surface area contributed by atoms with Crippen LogP contribution in [0.4, 0.5) is 0 Å². The van der Waals surface area contributed by atoms with Crippen molar-refractivity contribution in [2.45, 2.75) is 58.5 Å². The SMILES string of the molecule is CC(NC1CCCCC1(C)C)c1ccccc1O. The summed E-state index contributed by atoms with van der Waals surface area (Å²) in [4.78, 5) is 0. The van der Waals surface area contributed by atoms with Gasteiger partial charge in [0.1, 0.15) is 5.75 Å². The molecule has 100 valence electrons. The van der Waals surface area contributed by atoms with Crippen LogP contribution < -0.4 is 5.32 Å². The molecule has 0 spiro atoms. The molecule has 2 atom stereocenters. The molecule has 0 heterocycles. The van der Waals surface area contributed by atoms with Crippen molar-refractivity contribution in [2.75, 3.05) is 0 Å². The number of phenolic OH excluding ortho intramolecular Hbond substituents is 1. The van der Waals surface area contributed by atoms with Crippen LogP contribution in [-0.2, 0) is 0 Å². The first-order valence-corrected chi connectivity index (χ1v) is 7.04. The van der Waals surface area contributed by atoms with Gasteiger partial charge in [-0.3, -0.25) is 0 Å². The largest absolute Gasteiger partial charge is 0.508 e. The van der Waals surface area contributed by atoms with Crippen LogP contribution >= 0.6 is 0 Å². The van der Waals surface area contributed by atoms with Gasteiger partial charge in [0.15, 0.2) is 0 Å². The van der Waals surface area contributed by atoms with E-state index in [1.54, 1.807) is 6.07 Å². The molecule has 1 aromatic rings. The van der Waals surface area contributed by atoms with Crippen LogP contribution in [0.1, 0.15) is 58.1 Å². The molecule has 18 heavy (non-hydrogen) atoms. The number of hydrogen-bond donors (Lipinski definition) is 2. The molecule has 1 aliphatic rings. The Morgan fingerprint density at radius 2 is 2.00 bits per heavy atom. The number of phenols is 1. The van der Waals surface area contributed by atoms with Crippen LogP contribution in [-0.4, -0.2) is 11.1 Å². The van der Waals surface area contributed by atoms with Crippen molar-refractivity contribution in [1.29, 1.82) is 0 Å². The third-order valence-electron chi connectivity index (χ3n) is 4.36. The zero-order chi connectivity index (χ0) is 13.2. The van der Waals surface area contributed by atoms with Gasteiger partial charge in [0.25, 0.3) is 0 Å². The molecular weight excluding hydrogens is 222 g/mol. The van der Waals surface area contributed by atoms with Crippen molar-refractivity contribution in [3.05, 3.63) is 29.8 Å². The lowest BCUT2D eigenvalue weighted by molar-refractivity contribution is 0.157. The Morgan fingerprint density at radius 1 is 1.28 bits per heavy atom. The predicted octanol–water partition coefficient (Wildman–Crippen LogP) is 4.01. The Bertz CT molecular complexity index is 400. The maximum atomic E-state index is 9.90. The van der Waals surface area contributed by atoms with E-state index in [1.807, 2.05) is 18.2 Å². The van der Waals surface area contributed by atoms with Crippen LogP contribution in [0.5, 0.6) is 5.75 Å². The van der Waals surface area contributed by atoms with E-state index in [2.05, 4.69) is 26.1 Å². The first-order chi connectivity index (χ1) is 8.50. The van der Waals surface area contributed by atoms with Crippen molar-refractivity contribution >= 4 is 0 Å². The summed E-state index contributed by atoms with van der Waals surface area (Å²) in [6.07, 6.45) is 5.19. The number of rotatable bonds is 3. The van der Waals surface area contributed by atoms with Gasteiger partial charge in [-0.05, 0) is 31.2 Å². The molecule has 0 bridgehead atoms. The number of benzene rings is 1. The standard InChI is InChI=1S/C16H25NO/c1-12(13-8-4-5-9-14(13)18)17-15-10-6-7-11-16(15,2)3/h4-5,8-9,12,15,17-18H,6-7,10-11H2,1-3H3. The van der Waals surface area contributed by atoms with Gasteiger partial charge < -0.3 is 10.4 Å². The van der Waals surface area contributed by atoms with Crippen LogP contribution in [0.15, 0.2) is 24.3 Å². The molecule has 1 fully saturated rings. The molecule has 2 rings (SSSR count). The van der Waals surface area contributed by atoms with Gasteiger partial charge in [-0.15, -0.1) is 0 Å². The van der Waals surface area contributed by atoms with E-state index in [1.165, 1.54) is 25.7 Å². The van der Waals surface area contributed by atoms with E-state index < -0.39 is 0 Å². The van der Waals surface area contributed by atoms with Crippen molar-refractivity contribution in [3.63, 3.8) is 0 Å². The zero-order valence-corrected chi connectivity index (χ0v) is 11.7. The van der Waals surface area contributed by atoms with Gasteiger partial charge >= 0.3 is 0 Å². The van der Waals surface area contributed by atoms with Crippen LogP contribution in [0.2, 0.25) is 0 Å². The second kappa shape index (κ2) is 5.31. The Balaban J connectivity index is 2.07. The molecule has 2 heteroatoms. The molecule has 2 N–H and O–H groups in total. The van der Waals surface area contributed by atoms with E-state index in [0.717, 1.165) is 5.56 Å². The lowest BCUT2D eigenvalue weighted by Crippen LogP contribution is -2.45. The number of hydrogen-bond acceptors (Lipinski definition) is 2. The number of aromatic hydroxyl groups is 1. The topological polar surface area (TPSA) is 32.3 Å². The highest BCUT2D eigenvalue weighted by Crippen LogP contribution is 2.37. The minimum Gasteiger partial charge on any atom is -0.508 e. The highest BCUT2D eigenvalue weighted by atomic mass is 16.3. The fourth-order valence-corrected chi connectivity index (χ4v) is 3.05. The minimum atomic E-state index is 0.202. The molecule has 1 saturated carbocycles. The van der Waals surface area contributed by atoms with Gasteiger partial charge in [0.2, 0.25) is 0 Å². The first kappa shape index (κ1) is 13.4. The molecule has 0 amide bonds. The summed E-state index contributed by atoms with van der Waals surface area (Å²) < 4.78 is 0. The van der Waals surface area contributed by atoms with Crippen molar-refractivity contribution < 1.29 is 5.11 Å². The van der Waals surface area contributed by atoms with Crippen LogP contribution in [0.25, 0.3) is 0 Å². The summed E-state index contributed by atoms with van der Waals surface area (Å²) in [6, 6.07) is 8.37. The van der Waals surface area contributed by atoms with E-state index in [0.29, 0.717) is 17.2 Å². The number of para-hydroxylation sites is 1. The second-order valence-electron chi connectivity index (χ2n) is 6.23. The lowest BCUT2D eigenvalue weighted by atomic mass is 9.73. The molecule has 2 nitrogen and oxygen atoms in total. The Kier molecular flexibility index (Phi) is 3.96. The van der Waals surface area contributed by atoms with E-state index in [4.69, 9.17) is 0 Å². The number of nitrogens with one attached hydrogen (secondary N) is 1. The minimum absolute atomic E-state index is 0.202. The van der Waals surface area contributed by atoms with Crippen molar-refractivity contribution in [2.24, 2.45) is 5.41 Å². The maximum absolute atomic E-state index is 9.90. The predicted molar refractivity (Wildman–Crippen MR) is 75.7 cm³/mol. The third-order valence-corrected chi connectivity index (χ3v) is 4.36. The zero-order valence-electron chi connectivity index (χ0n) is 11.7. The third kappa shape index (κ3) is 2.86. The van der Waals surface area contributed by atoms with Gasteiger partial charge in [-0.25, -0.2) is 0 Å². The molecule has 0 saturated heterocycles. The monoisotopic (exact) mass is 247 g/mol.